The topological polar surface area (TPSA) is 95.7 Å². The van der Waals surface area contributed by atoms with Crippen molar-refractivity contribution in [3.05, 3.63) is 45.5 Å². The molecular weight excluding hydrogens is 278 g/mol. The van der Waals surface area contributed by atoms with Gasteiger partial charge in [0.15, 0.2) is 0 Å². The Morgan fingerprint density at radius 2 is 2.10 bits per heavy atom. The van der Waals surface area contributed by atoms with E-state index in [0.29, 0.717) is 0 Å². The Balaban J connectivity index is 2.96. The van der Waals surface area contributed by atoms with Crippen molar-refractivity contribution in [1.29, 1.82) is 0 Å². The summed E-state index contributed by atoms with van der Waals surface area (Å²) in [6.07, 6.45) is 2.93. The molecule has 0 saturated carbocycles. The Kier molecular flexibility index (Phi) is 6.06. The van der Waals surface area contributed by atoms with Gasteiger partial charge >= 0.3 is 11.9 Å². The van der Waals surface area contributed by atoms with Crippen molar-refractivity contribution in [2.45, 2.75) is 13.3 Å². The summed E-state index contributed by atoms with van der Waals surface area (Å²) in [7, 11) is 1.20. The lowest BCUT2D eigenvalue weighted by molar-refractivity contribution is -0.385. The van der Waals surface area contributed by atoms with Crippen LogP contribution in [0.25, 0.3) is 6.08 Å². The SMILES string of the molecule is CCOC(=O)CC=Cc1ccc(C(=O)OC)cc1[N+](=O)[O-]. The zero-order valence-corrected chi connectivity index (χ0v) is 11.7. The smallest absolute Gasteiger partial charge is 0.338 e. The fourth-order valence-electron chi connectivity index (χ4n) is 1.59. The molecule has 0 fully saturated rings. The zero-order valence-electron chi connectivity index (χ0n) is 11.7. The monoisotopic (exact) mass is 293 g/mol. The van der Waals surface area contributed by atoms with Crippen LogP contribution in [0.3, 0.4) is 0 Å². The van der Waals surface area contributed by atoms with Gasteiger partial charge in [-0.2, -0.15) is 0 Å². The average molecular weight is 293 g/mol. The van der Waals surface area contributed by atoms with E-state index in [1.54, 1.807) is 6.92 Å². The second-order valence-electron chi connectivity index (χ2n) is 3.93. The van der Waals surface area contributed by atoms with E-state index in [9.17, 15) is 19.7 Å². The van der Waals surface area contributed by atoms with Gasteiger partial charge in [-0.15, -0.1) is 0 Å². The molecule has 0 atom stereocenters. The normalized spacial score (nSPS) is 10.4. The first-order chi connectivity index (χ1) is 9.99. The molecular formula is C14H15NO6. The highest BCUT2D eigenvalue weighted by Crippen LogP contribution is 2.22. The Morgan fingerprint density at radius 3 is 2.67 bits per heavy atom. The molecule has 1 rings (SSSR count). The summed E-state index contributed by atoms with van der Waals surface area (Å²) >= 11 is 0. The van der Waals surface area contributed by atoms with E-state index < -0.39 is 16.9 Å². The van der Waals surface area contributed by atoms with Crippen LogP contribution in [-0.2, 0) is 14.3 Å². The van der Waals surface area contributed by atoms with E-state index in [0.717, 1.165) is 6.07 Å². The second kappa shape index (κ2) is 7.78. The molecule has 0 unspecified atom stereocenters. The molecule has 0 aliphatic carbocycles. The number of ether oxygens (including phenoxy) is 2. The highest BCUT2D eigenvalue weighted by Gasteiger charge is 2.16. The fraction of sp³-hybridized carbons (Fsp3) is 0.286. The summed E-state index contributed by atoms with van der Waals surface area (Å²) in [5.41, 5.74) is 0.140. The van der Waals surface area contributed by atoms with Crippen molar-refractivity contribution < 1.29 is 24.0 Å². The number of carbonyl (C=O) groups is 2. The van der Waals surface area contributed by atoms with E-state index in [4.69, 9.17) is 4.74 Å². The van der Waals surface area contributed by atoms with Crippen molar-refractivity contribution in [3.8, 4) is 0 Å². The quantitative estimate of drug-likeness (QED) is 0.454. The van der Waals surface area contributed by atoms with E-state index >= 15 is 0 Å². The van der Waals surface area contributed by atoms with Crippen molar-refractivity contribution in [2.24, 2.45) is 0 Å². The van der Waals surface area contributed by atoms with Crippen LogP contribution in [-0.4, -0.2) is 30.6 Å². The van der Waals surface area contributed by atoms with E-state index in [1.165, 1.54) is 31.4 Å². The molecule has 0 saturated heterocycles. The van der Waals surface area contributed by atoms with Gasteiger partial charge in [0.05, 0.1) is 36.2 Å². The highest BCUT2D eigenvalue weighted by molar-refractivity contribution is 5.90. The van der Waals surface area contributed by atoms with Crippen molar-refractivity contribution in [1.82, 2.24) is 0 Å². The van der Waals surface area contributed by atoms with Crippen LogP contribution >= 0.6 is 0 Å². The molecule has 0 N–H and O–H groups in total. The molecule has 112 valence electrons. The molecule has 7 nitrogen and oxygen atoms in total. The van der Waals surface area contributed by atoms with Crippen LogP contribution in [0.5, 0.6) is 0 Å². The van der Waals surface area contributed by atoms with Crippen molar-refractivity contribution in [2.75, 3.05) is 13.7 Å². The Labute approximate surface area is 121 Å². The number of nitrogens with zero attached hydrogens (tertiary/aromatic N) is 1. The fourth-order valence-corrected chi connectivity index (χ4v) is 1.59. The second-order valence-corrected chi connectivity index (χ2v) is 3.93. The van der Waals surface area contributed by atoms with Gasteiger partial charge in [-0.1, -0.05) is 12.2 Å². The van der Waals surface area contributed by atoms with Crippen LogP contribution < -0.4 is 0 Å². The third kappa shape index (κ3) is 4.72. The molecule has 0 amide bonds. The van der Waals surface area contributed by atoms with Gasteiger partial charge in [0.25, 0.3) is 5.69 Å². The van der Waals surface area contributed by atoms with Gasteiger partial charge in [-0.25, -0.2) is 4.79 Å². The van der Waals surface area contributed by atoms with Crippen molar-refractivity contribution in [3.63, 3.8) is 0 Å². The minimum atomic E-state index is -0.653. The molecule has 0 aliphatic rings. The van der Waals surface area contributed by atoms with Crippen molar-refractivity contribution >= 4 is 23.7 Å². The number of nitro benzene ring substituents is 1. The Bertz CT molecular complexity index is 579. The van der Waals surface area contributed by atoms with Gasteiger partial charge in [0, 0.05) is 6.07 Å². The number of hydrogen-bond donors (Lipinski definition) is 0. The third-order valence-electron chi connectivity index (χ3n) is 2.54. The molecule has 0 heterocycles. The maximum atomic E-state index is 11.4. The van der Waals surface area contributed by atoms with Gasteiger partial charge in [0.1, 0.15) is 0 Å². The first-order valence-electron chi connectivity index (χ1n) is 6.18. The molecule has 0 aromatic heterocycles. The highest BCUT2D eigenvalue weighted by atomic mass is 16.6. The summed E-state index contributed by atoms with van der Waals surface area (Å²) in [5, 5.41) is 11.0. The number of nitro groups is 1. The number of hydrogen-bond acceptors (Lipinski definition) is 6. The molecule has 21 heavy (non-hydrogen) atoms. The number of rotatable bonds is 6. The minimum Gasteiger partial charge on any atom is -0.466 e. The standard InChI is InChI=1S/C14H15NO6/c1-3-21-13(16)6-4-5-10-7-8-11(14(17)20-2)9-12(10)15(18)19/h4-5,7-9H,3,6H2,1-2H3. The lowest BCUT2D eigenvalue weighted by atomic mass is 10.1. The third-order valence-corrected chi connectivity index (χ3v) is 2.54. The van der Waals surface area contributed by atoms with Gasteiger partial charge in [0.2, 0.25) is 0 Å². The number of benzene rings is 1. The summed E-state index contributed by atoms with van der Waals surface area (Å²) < 4.78 is 9.25. The van der Waals surface area contributed by atoms with Gasteiger partial charge in [-0.3, -0.25) is 14.9 Å². The van der Waals surface area contributed by atoms with Crippen LogP contribution in [0.1, 0.15) is 29.3 Å². The largest absolute Gasteiger partial charge is 0.466 e. The predicted octanol–water partition coefficient (Wildman–Crippen LogP) is 2.35. The maximum absolute atomic E-state index is 11.4. The average Bonchev–Trinajstić information content (AvgIpc) is 2.46. The molecule has 0 radical (unpaired) electrons. The molecule has 7 heteroatoms. The van der Waals surface area contributed by atoms with Crippen LogP contribution in [0.15, 0.2) is 24.3 Å². The minimum absolute atomic E-state index is 0.0176. The lowest BCUT2D eigenvalue weighted by Crippen LogP contribution is -2.03. The van der Waals surface area contributed by atoms with E-state index in [-0.39, 0.29) is 29.8 Å². The number of esters is 2. The molecule has 1 aromatic carbocycles. The summed E-state index contributed by atoms with van der Waals surface area (Å²) in [4.78, 5) is 32.9. The molecule has 0 aliphatic heterocycles. The first-order valence-corrected chi connectivity index (χ1v) is 6.18. The summed E-state index contributed by atoms with van der Waals surface area (Å²) in [6.45, 7) is 1.97. The zero-order chi connectivity index (χ0) is 15.8. The number of carbonyl (C=O) groups excluding carboxylic acids is 2. The lowest BCUT2D eigenvalue weighted by Gasteiger charge is -2.02. The predicted molar refractivity (Wildman–Crippen MR) is 74.7 cm³/mol. The summed E-state index contributed by atoms with van der Waals surface area (Å²) in [6, 6.07) is 3.98. The van der Waals surface area contributed by atoms with E-state index in [2.05, 4.69) is 4.74 Å². The van der Waals surface area contributed by atoms with Gasteiger partial charge in [-0.05, 0) is 19.1 Å². The van der Waals surface area contributed by atoms with E-state index in [1.807, 2.05) is 0 Å². The Hall–Kier alpha value is -2.70. The summed E-state index contributed by atoms with van der Waals surface area (Å²) in [5.74, 6) is -1.07. The maximum Gasteiger partial charge on any atom is 0.338 e. The Morgan fingerprint density at radius 1 is 1.38 bits per heavy atom. The first kappa shape index (κ1) is 16.4. The van der Waals surface area contributed by atoms with Gasteiger partial charge < -0.3 is 9.47 Å². The van der Waals surface area contributed by atoms with Crippen LogP contribution in [0.4, 0.5) is 5.69 Å². The van der Waals surface area contributed by atoms with Crippen LogP contribution in [0.2, 0.25) is 0 Å². The van der Waals surface area contributed by atoms with Crippen LogP contribution in [0, 0.1) is 10.1 Å². The molecule has 0 spiro atoms. The number of methoxy groups -OCH3 is 1. The molecule has 1 aromatic rings. The molecule has 0 bridgehead atoms.